The smallest absolute Gasteiger partial charge is 0.0991 e. The first kappa shape index (κ1) is 12.6. The van der Waals surface area contributed by atoms with Gasteiger partial charge < -0.3 is 10.7 Å². The molecule has 2 aromatic rings. The summed E-state index contributed by atoms with van der Waals surface area (Å²) < 4.78 is 0. The van der Waals surface area contributed by atoms with E-state index in [2.05, 4.69) is 11.1 Å². The molecule has 0 amide bonds. The van der Waals surface area contributed by atoms with Crippen molar-refractivity contribution in [2.24, 2.45) is 5.73 Å². The lowest BCUT2D eigenvalue weighted by Crippen LogP contribution is -2.03. The second-order valence-corrected chi connectivity index (χ2v) is 3.64. The number of H-pyrrole nitrogens is 1. The van der Waals surface area contributed by atoms with Crippen molar-refractivity contribution in [2.45, 2.75) is 13.3 Å². The summed E-state index contributed by atoms with van der Waals surface area (Å²) >= 11 is 0. The highest BCUT2D eigenvalue weighted by Gasteiger charge is 2.07. The van der Waals surface area contributed by atoms with Crippen LogP contribution in [0.25, 0.3) is 10.9 Å². The van der Waals surface area contributed by atoms with Crippen molar-refractivity contribution in [3.8, 4) is 6.07 Å². The van der Waals surface area contributed by atoms with Gasteiger partial charge in [0.1, 0.15) is 0 Å². The fraction of sp³-hybridized carbons (Fsp3) is 0.250. The third kappa shape index (κ3) is 2.04. The van der Waals surface area contributed by atoms with Crippen LogP contribution in [0.5, 0.6) is 0 Å². The highest BCUT2D eigenvalue weighted by atomic mass is 35.5. The van der Waals surface area contributed by atoms with Gasteiger partial charge in [-0.05, 0) is 43.7 Å². The molecule has 1 heterocycles. The van der Waals surface area contributed by atoms with Gasteiger partial charge in [-0.15, -0.1) is 12.4 Å². The van der Waals surface area contributed by atoms with Crippen LogP contribution in [0.1, 0.15) is 16.8 Å². The SMILES string of the molecule is Cc1[nH]c2ccc(C#N)cc2c1CCN.Cl. The van der Waals surface area contributed by atoms with Crippen LogP contribution >= 0.6 is 12.4 Å². The first-order valence-corrected chi connectivity index (χ1v) is 4.97. The molecule has 0 aliphatic rings. The van der Waals surface area contributed by atoms with E-state index in [4.69, 9.17) is 11.0 Å². The normalized spacial score (nSPS) is 9.81. The van der Waals surface area contributed by atoms with Gasteiger partial charge in [0.25, 0.3) is 0 Å². The number of hydrogen-bond acceptors (Lipinski definition) is 2. The molecule has 1 aromatic carbocycles. The summed E-state index contributed by atoms with van der Waals surface area (Å²) in [4.78, 5) is 3.30. The molecule has 3 nitrogen and oxygen atoms in total. The Balaban J connectivity index is 0.00000128. The van der Waals surface area contributed by atoms with E-state index in [1.807, 2.05) is 25.1 Å². The monoisotopic (exact) mass is 235 g/mol. The maximum Gasteiger partial charge on any atom is 0.0991 e. The van der Waals surface area contributed by atoms with E-state index >= 15 is 0 Å². The molecule has 0 aliphatic heterocycles. The highest BCUT2D eigenvalue weighted by Crippen LogP contribution is 2.23. The zero-order chi connectivity index (χ0) is 10.8. The summed E-state index contributed by atoms with van der Waals surface area (Å²) in [6.07, 6.45) is 0.848. The number of nitrogens with zero attached hydrogens (tertiary/aromatic N) is 1. The molecule has 16 heavy (non-hydrogen) atoms. The van der Waals surface area contributed by atoms with Crippen LogP contribution in [0.15, 0.2) is 18.2 Å². The summed E-state index contributed by atoms with van der Waals surface area (Å²) in [5.74, 6) is 0. The number of nitrogens with two attached hydrogens (primary N) is 1. The zero-order valence-corrected chi connectivity index (χ0v) is 9.90. The first-order valence-electron chi connectivity index (χ1n) is 4.97. The predicted molar refractivity (Wildman–Crippen MR) is 67.8 cm³/mol. The van der Waals surface area contributed by atoms with Crippen LogP contribution in [-0.2, 0) is 6.42 Å². The van der Waals surface area contributed by atoms with Crippen molar-refractivity contribution in [1.29, 1.82) is 5.26 Å². The van der Waals surface area contributed by atoms with Gasteiger partial charge in [-0.1, -0.05) is 0 Å². The molecule has 0 fully saturated rings. The Labute approximate surface area is 101 Å². The number of fused-ring (bicyclic) bond motifs is 1. The van der Waals surface area contributed by atoms with Crippen molar-refractivity contribution < 1.29 is 0 Å². The third-order valence-corrected chi connectivity index (χ3v) is 2.64. The second kappa shape index (κ2) is 5.02. The molecule has 0 unspecified atom stereocenters. The molecule has 3 N–H and O–H groups in total. The lowest BCUT2D eigenvalue weighted by molar-refractivity contribution is 0.963. The lowest BCUT2D eigenvalue weighted by Gasteiger charge is -1.98. The highest BCUT2D eigenvalue weighted by molar-refractivity contribution is 5.86. The number of rotatable bonds is 2. The maximum atomic E-state index is 8.84. The molecule has 84 valence electrons. The largest absolute Gasteiger partial charge is 0.358 e. The second-order valence-electron chi connectivity index (χ2n) is 3.64. The van der Waals surface area contributed by atoms with Crippen LogP contribution < -0.4 is 5.73 Å². The van der Waals surface area contributed by atoms with E-state index < -0.39 is 0 Å². The van der Waals surface area contributed by atoms with Gasteiger partial charge in [-0.2, -0.15) is 5.26 Å². The molecule has 0 aliphatic carbocycles. The number of aromatic amines is 1. The van der Waals surface area contributed by atoms with Crippen molar-refractivity contribution in [1.82, 2.24) is 4.98 Å². The van der Waals surface area contributed by atoms with Gasteiger partial charge in [0.2, 0.25) is 0 Å². The number of halogens is 1. The fourth-order valence-electron chi connectivity index (χ4n) is 1.92. The Morgan fingerprint density at radius 2 is 2.19 bits per heavy atom. The molecule has 1 aromatic heterocycles. The molecule has 0 spiro atoms. The predicted octanol–water partition coefficient (Wildman–Crippen LogP) is 2.27. The molecule has 0 bridgehead atoms. The topological polar surface area (TPSA) is 65.6 Å². The Morgan fingerprint density at radius 3 is 2.81 bits per heavy atom. The zero-order valence-electron chi connectivity index (χ0n) is 9.08. The molecule has 2 rings (SSSR count). The summed E-state index contributed by atoms with van der Waals surface area (Å²) in [7, 11) is 0. The Bertz CT molecular complexity index is 537. The summed E-state index contributed by atoms with van der Waals surface area (Å²) in [6.45, 7) is 2.67. The number of nitriles is 1. The number of nitrogens with one attached hydrogen (secondary N) is 1. The Hall–Kier alpha value is -1.50. The lowest BCUT2D eigenvalue weighted by atomic mass is 10.1. The van der Waals surface area contributed by atoms with E-state index in [9.17, 15) is 0 Å². The maximum absolute atomic E-state index is 8.84. The summed E-state index contributed by atoms with van der Waals surface area (Å²) in [5, 5.41) is 9.96. The minimum absolute atomic E-state index is 0. The first-order chi connectivity index (χ1) is 7.26. The van der Waals surface area contributed by atoms with Gasteiger partial charge in [-0.3, -0.25) is 0 Å². The van der Waals surface area contributed by atoms with Crippen LogP contribution in [0, 0.1) is 18.3 Å². The number of hydrogen-bond donors (Lipinski definition) is 2. The van der Waals surface area contributed by atoms with Crippen molar-refractivity contribution in [2.75, 3.05) is 6.54 Å². The number of aromatic nitrogens is 1. The summed E-state index contributed by atoms with van der Waals surface area (Å²) in [6, 6.07) is 7.84. The van der Waals surface area contributed by atoms with Crippen LogP contribution in [0.3, 0.4) is 0 Å². The molecule has 0 atom stereocenters. The Morgan fingerprint density at radius 1 is 1.44 bits per heavy atom. The van der Waals surface area contributed by atoms with Gasteiger partial charge >= 0.3 is 0 Å². The molecule has 0 radical (unpaired) electrons. The van der Waals surface area contributed by atoms with Gasteiger partial charge in [-0.25, -0.2) is 0 Å². The van der Waals surface area contributed by atoms with Gasteiger partial charge in [0.15, 0.2) is 0 Å². The van der Waals surface area contributed by atoms with E-state index in [0.717, 1.165) is 23.0 Å². The minimum atomic E-state index is 0. The summed E-state index contributed by atoms with van der Waals surface area (Å²) in [5.41, 5.74) is 9.71. The van der Waals surface area contributed by atoms with Gasteiger partial charge in [0.05, 0.1) is 11.6 Å². The van der Waals surface area contributed by atoms with Crippen LogP contribution in [-0.4, -0.2) is 11.5 Å². The average molecular weight is 236 g/mol. The number of aryl methyl sites for hydroxylation is 1. The molecular weight excluding hydrogens is 222 g/mol. The quantitative estimate of drug-likeness (QED) is 0.839. The average Bonchev–Trinajstić information content (AvgIpc) is 2.55. The molecule has 0 saturated carbocycles. The standard InChI is InChI=1S/C12H13N3.ClH/c1-8-10(4-5-13)11-6-9(7-14)2-3-12(11)15-8;/h2-3,6,15H,4-5,13H2,1H3;1H. The third-order valence-electron chi connectivity index (χ3n) is 2.64. The van der Waals surface area contributed by atoms with Crippen molar-refractivity contribution in [3.63, 3.8) is 0 Å². The molecular formula is C12H14ClN3. The van der Waals surface area contributed by atoms with E-state index in [1.54, 1.807) is 0 Å². The minimum Gasteiger partial charge on any atom is -0.358 e. The van der Waals surface area contributed by atoms with E-state index in [1.165, 1.54) is 5.56 Å². The van der Waals surface area contributed by atoms with E-state index in [-0.39, 0.29) is 12.4 Å². The number of benzene rings is 1. The fourth-order valence-corrected chi connectivity index (χ4v) is 1.92. The van der Waals surface area contributed by atoms with Crippen molar-refractivity contribution in [3.05, 3.63) is 35.0 Å². The van der Waals surface area contributed by atoms with Crippen LogP contribution in [0.2, 0.25) is 0 Å². The van der Waals surface area contributed by atoms with Crippen molar-refractivity contribution >= 4 is 23.3 Å². The van der Waals surface area contributed by atoms with Crippen LogP contribution in [0.4, 0.5) is 0 Å². The Kier molecular flexibility index (Phi) is 3.94. The van der Waals surface area contributed by atoms with Gasteiger partial charge in [0, 0.05) is 16.6 Å². The molecule has 4 heteroatoms. The molecule has 0 saturated heterocycles. The van der Waals surface area contributed by atoms with E-state index in [0.29, 0.717) is 12.1 Å².